The molecule has 4 heteroatoms. The van der Waals surface area contributed by atoms with Crippen molar-refractivity contribution in [1.82, 2.24) is 14.6 Å². The molecule has 2 aromatic rings. The van der Waals surface area contributed by atoms with E-state index in [1.54, 1.807) is 23.0 Å². The van der Waals surface area contributed by atoms with Crippen LogP contribution in [-0.2, 0) is 0 Å². The Balaban J connectivity index is 2.91. The Labute approximate surface area is 68.6 Å². The Morgan fingerprint density at radius 1 is 1.55 bits per heavy atom. The molecule has 0 atom stereocenters. The third-order valence-corrected chi connectivity index (χ3v) is 1.71. The second-order valence-electron chi connectivity index (χ2n) is 2.33. The summed E-state index contributed by atoms with van der Waals surface area (Å²) in [6, 6.07) is 1.80. The van der Waals surface area contributed by atoms with Crippen LogP contribution in [0.3, 0.4) is 0 Å². The van der Waals surface area contributed by atoms with Crippen molar-refractivity contribution in [1.29, 1.82) is 0 Å². The average Bonchev–Trinajstić information content (AvgIpc) is 2.34. The van der Waals surface area contributed by atoms with Crippen molar-refractivity contribution in [2.45, 2.75) is 6.92 Å². The zero-order valence-electron chi connectivity index (χ0n) is 5.95. The van der Waals surface area contributed by atoms with Crippen LogP contribution in [0, 0.1) is 6.92 Å². The lowest BCUT2D eigenvalue weighted by Gasteiger charge is -1.96. The number of aryl methyl sites for hydroxylation is 1. The third kappa shape index (κ3) is 0.973. The van der Waals surface area contributed by atoms with Gasteiger partial charge in [0, 0.05) is 12.4 Å². The van der Waals surface area contributed by atoms with Crippen molar-refractivity contribution < 1.29 is 0 Å². The molecule has 11 heavy (non-hydrogen) atoms. The monoisotopic (exact) mass is 167 g/mol. The van der Waals surface area contributed by atoms with E-state index < -0.39 is 0 Å². The number of imidazole rings is 1. The van der Waals surface area contributed by atoms with Crippen molar-refractivity contribution >= 4 is 17.2 Å². The van der Waals surface area contributed by atoms with Gasteiger partial charge in [0.1, 0.15) is 0 Å². The topological polar surface area (TPSA) is 30.2 Å². The number of rotatable bonds is 0. The molecule has 0 radical (unpaired) electrons. The van der Waals surface area contributed by atoms with Crippen molar-refractivity contribution in [2.24, 2.45) is 0 Å². The first-order valence-electron chi connectivity index (χ1n) is 3.24. The van der Waals surface area contributed by atoms with Gasteiger partial charge in [-0.05, 0) is 13.0 Å². The first-order valence-corrected chi connectivity index (χ1v) is 3.61. The first-order chi connectivity index (χ1) is 5.27. The average molecular weight is 168 g/mol. The molecular weight excluding hydrogens is 162 g/mol. The van der Waals surface area contributed by atoms with Gasteiger partial charge in [-0.15, -0.1) is 0 Å². The molecular formula is C7H6ClN3. The van der Waals surface area contributed by atoms with Gasteiger partial charge in [0.15, 0.2) is 5.65 Å². The number of hydrogen-bond donors (Lipinski definition) is 0. The molecule has 0 N–H and O–H groups in total. The Hall–Kier alpha value is -1.09. The van der Waals surface area contributed by atoms with Crippen LogP contribution in [-0.4, -0.2) is 14.6 Å². The van der Waals surface area contributed by atoms with E-state index in [9.17, 15) is 0 Å². The number of halogens is 1. The van der Waals surface area contributed by atoms with Crippen LogP contribution in [0.2, 0.25) is 5.02 Å². The van der Waals surface area contributed by atoms with Crippen LogP contribution < -0.4 is 0 Å². The van der Waals surface area contributed by atoms with Gasteiger partial charge in [-0.2, -0.15) is 5.10 Å². The van der Waals surface area contributed by atoms with Gasteiger partial charge < -0.3 is 0 Å². The largest absolute Gasteiger partial charge is 0.234 e. The molecule has 56 valence electrons. The summed E-state index contributed by atoms with van der Waals surface area (Å²) in [5.74, 6) is 0. The molecule has 0 unspecified atom stereocenters. The molecule has 3 nitrogen and oxygen atoms in total. The molecule has 2 rings (SSSR count). The van der Waals surface area contributed by atoms with Crippen LogP contribution in [0.4, 0.5) is 0 Å². The Kier molecular flexibility index (Phi) is 1.32. The quantitative estimate of drug-likeness (QED) is 0.598. The normalized spacial score (nSPS) is 10.7. The highest BCUT2D eigenvalue weighted by Gasteiger charge is 2.00. The zero-order chi connectivity index (χ0) is 7.84. The SMILES string of the molecule is Cc1cc(Cl)c2nccn2n1. The van der Waals surface area contributed by atoms with Gasteiger partial charge in [0.05, 0.1) is 10.7 Å². The van der Waals surface area contributed by atoms with Gasteiger partial charge in [-0.25, -0.2) is 9.50 Å². The number of hydrogen-bond acceptors (Lipinski definition) is 2. The number of aromatic nitrogens is 3. The van der Waals surface area contributed by atoms with Crippen LogP contribution in [0.25, 0.3) is 5.65 Å². The van der Waals surface area contributed by atoms with E-state index in [2.05, 4.69) is 10.1 Å². The second kappa shape index (κ2) is 2.20. The Bertz CT molecular complexity index is 393. The Morgan fingerprint density at radius 3 is 3.18 bits per heavy atom. The summed E-state index contributed by atoms with van der Waals surface area (Å²) in [4.78, 5) is 4.03. The fourth-order valence-corrected chi connectivity index (χ4v) is 1.29. The van der Waals surface area contributed by atoms with Crippen LogP contribution in [0.1, 0.15) is 5.69 Å². The lowest BCUT2D eigenvalue weighted by atomic mass is 10.4. The number of fused-ring (bicyclic) bond motifs is 1. The fraction of sp³-hybridized carbons (Fsp3) is 0.143. The van der Waals surface area contributed by atoms with E-state index in [0.29, 0.717) is 10.7 Å². The maximum Gasteiger partial charge on any atom is 0.172 e. The van der Waals surface area contributed by atoms with E-state index >= 15 is 0 Å². The van der Waals surface area contributed by atoms with Gasteiger partial charge in [0.25, 0.3) is 0 Å². The molecule has 0 aromatic carbocycles. The van der Waals surface area contributed by atoms with E-state index in [0.717, 1.165) is 5.69 Å². The first kappa shape index (κ1) is 6.61. The van der Waals surface area contributed by atoms with Crippen LogP contribution in [0.5, 0.6) is 0 Å². The highest BCUT2D eigenvalue weighted by atomic mass is 35.5. The summed E-state index contributed by atoms with van der Waals surface area (Å²) in [5.41, 5.74) is 1.60. The van der Waals surface area contributed by atoms with E-state index in [4.69, 9.17) is 11.6 Å². The molecule has 0 saturated heterocycles. The van der Waals surface area contributed by atoms with Crippen molar-refractivity contribution in [3.8, 4) is 0 Å². The molecule has 2 aromatic heterocycles. The molecule has 0 saturated carbocycles. The van der Waals surface area contributed by atoms with Gasteiger partial charge >= 0.3 is 0 Å². The van der Waals surface area contributed by atoms with Crippen molar-refractivity contribution in [3.05, 3.63) is 29.2 Å². The minimum atomic E-state index is 0.641. The van der Waals surface area contributed by atoms with E-state index in [1.165, 1.54) is 0 Å². The minimum absolute atomic E-state index is 0.641. The molecule has 0 amide bonds. The zero-order valence-corrected chi connectivity index (χ0v) is 6.71. The van der Waals surface area contributed by atoms with Crippen molar-refractivity contribution in [3.63, 3.8) is 0 Å². The van der Waals surface area contributed by atoms with Crippen molar-refractivity contribution in [2.75, 3.05) is 0 Å². The molecule has 0 aliphatic heterocycles. The maximum atomic E-state index is 5.88. The molecule has 0 aliphatic carbocycles. The lowest BCUT2D eigenvalue weighted by Crippen LogP contribution is -1.92. The highest BCUT2D eigenvalue weighted by molar-refractivity contribution is 6.33. The van der Waals surface area contributed by atoms with Gasteiger partial charge in [0.2, 0.25) is 0 Å². The summed E-state index contributed by atoms with van der Waals surface area (Å²) >= 11 is 5.88. The Morgan fingerprint density at radius 2 is 2.36 bits per heavy atom. The number of nitrogens with zero attached hydrogens (tertiary/aromatic N) is 3. The molecule has 0 spiro atoms. The summed E-state index contributed by atoms with van der Waals surface area (Å²) in [5, 5.41) is 4.81. The third-order valence-electron chi connectivity index (χ3n) is 1.44. The summed E-state index contributed by atoms with van der Waals surface area (Å²) in [6.45, 7) is 1.89. The predicted molar refractivity (Wildman–Crippen MR) is 42.7 cm³/mol. The highest BCUT2D eigenvalue weighted by Crippen LogP contribution is 2.14. The van der Waals surface area contributed by atoms with E-state index in [-0.39, 0.29) is 0 Å². The molecule has 0 aliphatic rings. The van der Waals surface area contributed by atoms with Gasteiger partial charge in [-0.1, -0.05) is 11.6 Å². The lowest BCUT2D eigenvalue weighted by molar-refractivity contribution is 0.901. The van der Waals surface area contributed by atoms with Crippen LogP contribution in [0.15, 0.2) is 18.5 Å². The summed E-state index contributed by atoms with van der Waals surface area (Å²) in [7, 11) is 0. The van der Waals surface area contributed by atoms with E-state index in [1.807, 2.05) is 6.92 Å². The second-order valence-corrected chi connectivity index (χ2v) is 2.74. The van der Waals surface area contributed by atoms with Gasteiger partial charge in [-0.3, -0.25) is 0 Å². The predicted octanol–water partition coefficient (Wildman–Crippen LogP) is 1.69. The fourth-order valence-electron chi connectivity index (χ4n) is 0.995. The summed E-state index contributed by atoms with van der Waals surface area (Å²) < 4.78 is 1.66. The minimum Gasteiger partial charge on any atom is -0.234 e. The smallest absolute Gasteiger partial charge is 0.172 e. The summed E-state index contributed by atoms with van der Waals surface area (Å²) in [6.07, 6.45) is 3.45. The molecule has 0 bridgehead atoms. The van der Waals surface area contributed by atoms with Crippen LogP contribution >= 0.6 is 11.6 Å². The maximum absolute atomic E-state index is 5.88. The standard InChI is InChI=1S/C7H6ClN3/c1-5-4-6(8)7-9-2-3-11(7)10-5/h2-4H,1H3. The molecule has 2 heterocycles. The molecule has 0 fully saturated rings.